The topological polar surface area (TPSA) is 30.3 Å². The molecule has 0 spiro atoms. The van der Waals surface area contributed by atoms with Crippen LogP contribution in [0.3, 0.4) is 0 Å². The predicted octanol–water partition coefficient (Wildman–Crippen LogP) is 2.68. The van der Waals surface area contributed by atoms with Gasteiger partial charge in [0, 0.05) is 49.9 Å². The molecule has 0 aliphatic carbocycles. The van der Waals surface area contributed by atoms with Crippen molar-refractivity contribution >= 4 is 17.3 Å². The molecule has 1 aliphatic heterocycles. The normalized spacial score (nSPS) is 16.6. The van der Waals surface area contributed by atoms with Gasteiger partial charge in [-0.05, 0) is 30.7 Å². The van der Waals surface area contributed by atoms with E-state index in [0.717, 1.165) is 37.7 Å². The first-order chi connectivity index (χ1) is 8.70. The second-order valence-electron chi connectivity index (χ2n) is 4.67. The Morgan fingerprint density at radius 1 is 1.28 bits per heavy atom. The number of nitriles is 1. The molecule has 0 atom stereocenters. The molecule has 18 heavy (non-hydrogen) atoms. The number of halogens is 1. The lowest BCUT2D eigenvalue weighted by Crippen LogP contribution is -2.46. The molecule has 1 fully saturated rings. The van der Waals surface area contributed by atoms with Crippen LogP contribution in [0.15, 0.2) is 18.2 Å². The van der Waals surface area contributed by atoms with Gasteiger partial charge in [0.2, 0.25) is 0 Å². The molecule has 0 bridgehead atoms. The highest BCUT2D eigenvalue weighted by Gasteiger charge is 2.17. The van der Waals surface area contributed by atoms with Gasteiger partial charge in [0.05, 0.1) is 6.07 Å². The highest BCUT2D eigenvalue weighted by molar-refractivity contribution is 6.30. The van der Waals surface area contributed by atoms with Crippen molar-refractivity contribution < 1.29 is 0 Å². The van der Waals surface area contributed by atoms with Gasteiger partial charge in [-0.1, -0.05) is 11.6 Å². The summed E-state index contributed by atoms with van der Waals surface area (Å²) >= 11 is 5.98. The maximum Gasteiger partial charge on any atom is 0.0635 e. The van der Waals surface area contributed by atoms with Crippen LogP contribution in [-0.4, -0.2) is 37.6 Å². The fourth-order valence-corrected chi connectivity index (χ4v) is 2.62. The van der Waals surface area contributed by atoms with Crippen LogP contribution in [-0.2, 0) is 0 Å². The first-order valence-electron chi connectivity index (χ1n) is 6.31. The Bertz CT molecular complexity index is 445. The molecule has 2 rings (SSSR count). The van der Waals surface area contributed by atoms with Gasteiger partial charge in [0.1, 0.15) is 0 Å². The maximum absolute atomic E-state index is 8.59. The summed E-state index contributed by atoms with van der Waals surface area (Å²) in [5.74, 6) is 0. The third-order valence-corrected chi connectivity index (χ3v) is 3.65. The Balaban J connectivity index is 1.95. The number of hydrogen-bond acceptors (Lipinski definition) is 3. The van der Waals surface area contributed by atoms with Crippen LogP contribution in [0.5, 0.6) is 0 Å². The summed E-state index contributed by atoms with van der Waals surface area (Å²) in [6, 6.07) is 8.27. The van der Waals surface area contributed by atoms with Crippen LogP contribution in [0.4, 0.5) is 5.69 Å². The van der Waals surface area contributed by atoms with Crippen molar-refractivity contribution in [3.63, 3.8) is 0 Å². The van der Waals surface area contributed by atoms with Gasteiger partial charge in [-0.3, -0.25) is 4.90 Å². The number of benzene rings is 1. The van der Waals surface area contributed by atoms with Gasteiger partial charge < -0.3 is 4.90 Å². The summed E-state index contributed by atoms with van der Waals surface area (Å²) in [5, 5.41) is 9.38. The highest BCUT2D eigenvalue weighted by Crippen LogP contribution is 2.24. The predicted molar refractivity (Wildman–Crippen MR) is 75.1 cm³/mol. The van der Waals surface area contributed by atoms with E-state index in [2.05, 4.69) is 28.9 Å². The van der Waals surface area contributed by atoms with E-state index < -0.39 is 0 Å². The van der Waals surface area contributed by atoms with E-state index in [-0.39, 0.29) is 0 Å². The number of aryl methyl sites for hydroxylation is 1. The Labute approximate surface area is 114 Å². The second-order valence-corrected chi connectivity index (χ2v) is 5.10. The summed E-state index contributed by atoms with van der Waals surface area (Å²) in [5.41, 5.74) is 2.51. The number of rotatable bonds is 3. The minimum atomic E-state index is 0.625. The summed E-state index contributed by atoms with van der Waals surface area (Å²) in [7, 11) is 0. The van der Waals surface area contributed by atoms with Crippen molar-refractivity contribution in [1.82, 2.24) is 4.90 Å². The molecule has 4 heteroatoms. The third-order valence-electron chi connectivity index (χ3n) is 3.41. The van der Waals surface area contributed by atoms with E-state index in [0.29, 0.717) is 6.42 Å². The summed E-state index contributed by atoms with van der Waals surface area (Å²) in [6.07, 6.45) is 0.625. The smallest absolute Gasteiger partial charge is 0.0635 e. The van der Waals surface area contributed by atoms with Crippen molar-refractivity contribution in [2.45, 2.75) is 13.3 Å². The van der Waals surface area contributed by atoms with E-state index in [1.54, 1.807) is 0 Å². The SMILES string of the molecule is Cc1cc(Cl)ccc1N1CCN(CCC#N)CC1. The van der Waals surface area contributed by atoms with Crippen LogP contribution in [0, 0.1) is 18.3 Å². The lowest BCUT2D eigenvalue weighted by Gasteiger charge is -2.36. The minimum Gasteiger partial charge on any atom is -0.369 e. The Hall–Kier alpha value is -1.24. The minimum absolute atomic E-state index is 0.625. The van der Waals surface area contributed by atoms with Gasteiger partial charge >= 0.3 is 0 Å². The standard InChI is InChI=1S/C14H18ClN3/c1-12-11-13(15)3-4-14(12)18-9-7-17(8-10-18)6-2-5-16/h3-4,11H,2,6-10H2,1H3. The van der Waals surface area contributed by atoms with Crippen LogP contribution in [0.25, 0.3) is 0 Å². The van der Waals surface area contributed by atoms with Crippen molar-refractivity contribution in [2.75, 3.05) is 37.6 Å². The van der Waals surface area contributed by atoms with E-state index in [1.807, 2.05) is 12.1 Å². The molecule has 0 saturated carbocycles. The molecule has 0 amide bonds. The Kier molecular flexibility index (Phi) is 4.46. The number of anilines is 1. The van der Waals surface area contributed by atoms with Gasteiger partial charge in [-0.25, -0.2) is 0 Å². The molecule has 1 saturated heterocycles. The lowest BCUT2D eigenvalue weighted by atomic mass is 10.1. The van der Waals surface area contributed by atoms with Crippen LogP contribution < -0.4 is 4.90 Å². The van der Waals surface area contributed by atoms with E-state index >= 15 is 0 Å². The molecule has 3 nitrogen and oxygen atoms in total. The van der Waals surface area contributed by atoms with Crippen LogP contribution >= 0.6 is 11.6 Å². The zero-order valence-corrected chi connectivity index (χ0v) is 11.5. The molecule has 96 valence electrons. The summed E-state index contributed by atoms with van der Waals surface area (Å²) in [6.45, 7) is 7.10. The average molecular weight is 264 g/mol. The van der Waals surface area contributed by atoms with Crippen molar-refractivity contribution in [3.05, 3.63) is 28.8 Å². The molecular weight excluding hydrogens is 246 g/mol. The molecule has 0 radical (unpaired) electrons. The zero-order chi connectivity index (χ0) is 13.0. The first kappa shape index (κ1) is 13.2. The molecule has 0 unspecified atom stereocenters. The summed E-state index contributed by atoms with van der Waals surface area (Å²) in [4.78, 5) is 4.75. The average Bonchev–Trinajstić information content (AvgIpc) is 2.37. The van der Waals surface area contributed by atoms with Crippen molar-refractivity contribution in [2.24, 2.45) is 0 Å². The van der Waals surface area contributed by atoms with Crippen molar-refractivity contribution in [3.8, 4) is 6.07 Å². The summed E-state index contributed by atoms with van der Waals surface area (Å²) < 4.78 is 0. The van der Waals surface area contributed by atoms with E-state index in [4.69, 9.17) is 16.9 Å². The molecule has 1 aliphatic rings. The van der Waals surface area contributed by atoms with Crippen LogP contribution in [0.2, 0.25) is 5.02 Å². The fraction of sp³-hybridized carbons (Fsp3) is 0.500. The van der Waals surface area contributed by atoms with Crippen LogP contribution in [0.1, 0.15) is 12.0 Å². The monoisotopic (exact) mass is 263 g/mol. The lowest BCUT2D eigenvalue weighted by molar-refractivity contribution is 0.263. The maximum atomic E-state index is 8.59. The van der Waals surface area contributed by atoms with Gasteiger partial charge in [0.15, 0.2) is 0 Å². The zero-order valence-electron chi connectivity index (χ0n) is 10.7. The largest absolute Gasteiger partial charge is 0.369 e. The molecule has 1 aromatic carbocycles. The van der Waals surface area contributed by atoms with E-state index in [9.17, 15) is 0 Å². The molecule has 1 aromatic rings. The van der Waals surface area contributed by atoms with Gasteiger partial charge in [-0.2, -0.15) is 5.26 Å². The quantitative estimate of drug-likeness (QED) is 0.840. The highest BCUT2D eigenvalue weighted by atomic mass is 35.5. The second kappa shape index (κ2) is 6.08. The molecule has 0 N–H and O–H groups in total. The van der Waals surface area contributed by atoms with Crippen molar-refractivity contribution in [1.29, 1.82) is 5.26 Å². The third kappa shape index (κ3) is 3.16. The fourth-order valence-electron chi connectivity index (χ4n) is 2.39. The number of hydrogen-bond donors (Lipinski definition) is 0. The number of nitrogens with zero attached hydrogens (tertiary/aromatic N) is 3. The first-order valence-corrected chi connectivity index (χ1v) is 6.69. The molecule has 1 heterocycles. The Morgan fingerprint density at radius 3 is 2.61 bits per heavy atom. The van der Waals surface area contributed by atoms with E-state index in [1.165, 1.54) is 11.3 Å². The molecular formula is C14H18ClN3. The Morgan fingerprint density at radius 2 is 2.00 bits per heavy atom. The molecule has 0 aromatic heterocycles. The number of piperazine rings is 1. The van der Waals surface area contributed by atoms with Gasteiger partial charge in [0.25, 0.3) is 0 Å². The van der Waals surface area contributed by atoms with Gasteiger partial charge in [-0.15, -0.1) is 0 Å².